The average Bonchev–Trinajstić information content (AvgIpc) is 3.05. The number of rotatable bonds is 5. The zero-order valence-electron chi connectivity index (χ0n) is 20.3. The molecule has 7 atom stereocenters. The Morgan fingerprint density at radius 2 is 1.87 bits per heavy atom. The molecule has 3 fully saturated rings. The molecule has 3 N–H and O–H groups in total. The molecule has 0 aliphatic heterocycles. The van der Waals surface area contributed by atoms with Gasteiger partial charge in [-0.05, 0) is 85.7 Å². The highest BCUT2D eigenvalue weighted by Crippen LogP contribution is 2.59. The second-order valence-corrected chi connectivity index (χ2v) is 11.3. The van der Waals surface area contributed by atoms with Crippen molar-refractivity contribution in [1.82, 2.24) is 0 Å². The lowest BCUT2D eigenvalue weighted by molar-refractivity contribution is 0.0607. The Morgan fingerprint density at radius 3 is 2.55 bits per heavy atom. The van der Waals surface area contributed by atoms with Gasteiger partial charge in [0.25, 0.3) is 0 Å². The number of hydrogen-bond acceptors (Lipinski definition) is 3. The predicted octanol–water partition coefficient (Wildman–Crippen LogP) is 5.73. The van der Waals surface area contributed by atoms with Gasteiger partial charge >= 0.3 is 0 Å². The summed E-state index contributed by atoms with van der Waals surface area (Å²) in [6.45, 7) is 14.9. The Morgan fingerprint density at radius 1 is 1.16 bits per heavy atom. The Bertz CT molecular complexity index is 756. The van der Waals surface area contributed by atoms with Gasteiger partial charge in [0, 0.05) is 6.42 Å². The highest BCUT2D eigenvalue weighted by molar-refractivity contribution is 5.38. The van der Waals surface area contributed by atoms with Gasteiger partial charge in [-0.15, -0.1) is 0 Å². The topological polar surface area (TPSA) is 60.7 Å². The van der Waals surface area contributed by atoms with Crippen LogP contribution in [0.15, 0.2) is 47.6 Å². The first-order valence-corrected chi connectivity index (χ1v) is 12.3. The van der Waals surface area contributed by atoms with E-state index in [9.17, 15) is 15.3 Å². The highest BCUT2D eigenvalue weighted by Gasteiger charge is 2.50. The van der Waals surface area contributed by atoms with Crippen molar-refractivity contribution in [2.75, 3.05) is 0 Å². The van der Waals surface area contributed by atoms with Crippen molar-refractivity contribution in [3.05, 3.63) is 47.6 Å². The molecule has 0 aromatic heterocycles. The summed E-state index contributed by atoms with van der Waals surface area (Å²) in [6.07, 6.45) is 14.6. The fourth-order valence-electron chi connectivity index (χ4n) is 6.28. The van der Waals surface area contributed by atoms with Crippen LogP contribution in [0.4, 0.5) is 0 Å². The second kappa shape index (κ2) is 9.37. The first-order chi connectivity index (χ1) is 14.5. The van der Waals surface area contributed by atoms with Crippen molar-refractivity contribution in [3.63, 3.8) is 0 Å². The third kappa shape index (κ3) is 5.10. The van der Waals surface area contributed by atoms with E-state index in [4.69, 9.17) is 0 Å². The summed E-state index contributed by atoms with van der Waals surface area (Å²) in [4.78, 5) is 0. The molecule has 0 radical (unpaired) electrons. The average molecular weight is 429 g/mol. The molecule has 3 aliphatic carbocycles. The highest BCUT2D eigenvalue weighted by atomic mass is 16.3. The molecule has 31 heavy (non-hydrogen) atoms. The maximum absolute atomic E-state index is 10.6. The van der Waals surface area contributed by atoms with Crippen LogP contribution < -0.4 is 0 Å². The molecule has 3 aliphatic rings. The third-order valence-corrected chi connectivity index (χ3v) is 8.84. The smallest absolute Gasteiger partial charge is 0.0822 e. The van der Waals surface area contributed by atoms with Gasteiger partial charge in [0.1, 0.15) is 0 Å². The Kier molecular flexibility index (Phi) is 7.40. The van der Waals surface area contributed by atoms with E-state index in [0.717, 1.165) is 17.6 Å². The number of aliphatic hydroxyl groups is 3. The van der Waals surface area contributed by atoms with E-state index in [1.54, 1.807) is 0 Å². The third-order valence-electron chi connectivity index (χ3n) is 8.84. The number of aliphatic hydroxyl groups excluding tert-OH is 2. The van der Waals surface area contributed by atoms with E-state index in [0.29, 0.717) is 36.0 Å². The number of hydrogen-bond donors (Lipinski definition) is 3. The van der Waals surface area contributed by atoms with E-state index in [1.165, 1.54) is 31.3 Å². The van der Waals surface area contributed by atoms with Crippen LogP contribution in [0.3, 0.4) is 0 Å². The van der Waals surface area contributed by atoms with Gasteiger partial charge in [0.2, 0.25) is 0 Å². The van der Waals surface area contributed by atoms with Gasteiger partial charge in [-0.2, -0.15) is 0 Å². The van der Waals surface area contributed by atoms with Crippen molar-refractivity contribution >= 4 is 0 Å². The fraction of sp³-hybridized carbons (Fsp3) is 0.714. The molecule has 0 amide bonds. The standard InChI is InChI=1S/C28H44O3/c1-18(2)28(6,31)15-13-19(3)24-11-12-25-21(8-7-14-27(24,25)5)9-10-22-16-23(29)17-26(30)20(22)4/h9-10,13,15,18-19,23-26,29-31H,4,7-8,11-12,14,16-17H2,1-3,5-6H3/b15-13+,21-9+,22-10+/t19-,23-,24-,25+,26+,27+,28?/m1/s1. The van der Waals surface area contributed by atoms with Crippen molar-refractivity contribution in [1.29, 1.82) is 0 Å². The van der Waals surface area contributed by atoms with Crippen LogP contribution in [-0.4, -0.2) is 33.1 Å². The molecule has 0 heterocycles. The largest absolute Gasteiger partial charge is 0.393 e. The molecule has 1 unspecified atom stereocenters. The molecule has 0 aromatic rings. The maximum atomic E-state index is 10.6. The summed E-state index contributed by atoms with van der Waals surface area (Å²) in [5.41, 5.74) is 2.82. The SMILES string of the molecule is C=C1/C(=C/C=C2\CCC[C@@]3(C)[C@@H]([C@H](C)/C=C/C(C)(O)C(C)C)CC[C@@H]23)C[C@@H](O)C[C@@H]1O. The maximum Gasteiger partial charge on any atom is 0.0822 e. The van der Waals surface area contributed by atoms with E-state index in [1.807, 2.05) is 13.0 Å². The van der Waals surface area contributed by atoms with Crippen LogP contribution in [0.5, 0.6) is 0 Å². The summed E-state index contributed by atoms with van der Waals surface area (Å²) in [5, 5.41) is 30.8. The van der Waals surface area contributed by atoms with Crippen LogP contribution in [0, 0.1) is 29.1 Å². The molecule has 0 spiro atoms. The lowest BCUT2D eigenvalue weighted by atomic mass is 9.61. The zero-order valence-corrected chi connectivity index (χ0v) is 20.3. The predicted molar refractivity (Wildman–Crippen MR) is 128 cm³/mol. The van der Waals surface area contributed by atoms with E-state index < -0.39 is 17.8 Å². The van der Waals surface area contributed by atoms with Crippen LogP contribution in [0.1, 0.15) is 79.6 Å². The minimum Gasteiger partial charge on any atom is -0.393 e. The van der Waals surface area contributed by atoms with Gasteiger partial charge < -0.3 is 15.3 Å². The minimum atomic E-state index is -0.755. The number of allylic oxidation sites excluding steroid dienone is 4. The normalized spacial score (nSPS) is 40.0. The summed E-state index contributed by atoms with van der Waals surface area (Å²) in [7, 11) is 0. The molecule has 3 heteroatoms. The van der Waals surface area contributed by atoms with Crippen LogP contribution in [0.2, 0.25) is 0 Å². The minimum absolute atomic E-state index is 0.201. The van der Waals surface area contributed by atoms with E-state index in [2.05, 4.69) is 52.5 Å². The molecule has 3 saturated carbocycles. The summed E-state index contributed by atoms with van der Waals surface area (Å²) >= 11 is 0. The van der Waals surface area contributed by atoms with E-state index in [-0.39, 0.29) is 5.92 Å². The van der Waals surface area contributed by atoms with Crippen molar-refractivity contribution < 1.29 is 15.3 Å². The Labute approximate surface area is 189 Å². The molecule has 174 valence electrons. The number of fused-ring (bicyclic) bond motifs is 1. The van der Waals surface area contributed by atoms with Crippen LogP contribution >= 0.6 is 0 Å². The van der Waals surface area contributed by atoms with Gasteiger partial charge in [0.15, 0.2) is 0 Å². The van der Waals surface area contributed by atoms with Crippen LogP contribution in [-0.2, 0) is 0 Å². The van der Waals surface area contributed by atoms with Gasteiger partial charge in [-0.1, -0.05) is 64.2 Å². The van der Waals surface area contributed by atoms with Crippen molar-refractivity contribution in [3.8, 4) is 0 Å². The second-order valence-electron chi connectivity index (χ2n) is 11.3. The Balaban J connectivity index is 1.78. The lowest BCUT2D eigenvalue weighted by Gasteiger charge is -2.44. The quantitative estimate of drug-likeness (QED) is 0.490. The molecule has 0 bridgehead atoms. The monoisotopic (exact) mass is 428 g/mol. The van der Waals surface area contributed by atoms with Crippen molar-refractivity contribution in [2.45, 2.75) is 97.4 Å². The molecule has 0 aromatic carbocycles. The molecule has 3 nitrogen and oxygen atoms in total. The Hall–Kier alpha value is -1.16. The zero-order chi connectivity index (χ0) is 23.0. The lowest BCUT2D eigenvalue weighted by Crippen LogP contribution is -2.36. The van der Waals surface area contributed by atoms with Gasteiger partial charge in [0.05, 0.1) is 17.8 Å². The van der Waals surface area contributed by atoms with Gasteiger partial charge in [-0.3, -0.25) is 0 Å². The van der Waals surface area contributed by atoms with Crippen LogP contribution in [0.25, 0.3) is 0 Å². The van der Waals surface area contributed by atoms with Crippen molar-refractivity contribution in [2.24, 2.45) is 29.1 Å². The molecule has 3 rings (SSSR count). The first-order valence-electron chi connectivity index (χ1n) is 12.3. The summed E-state index contributed by atoms with van der Waals surface area (Å²) in [6, 6.07) is 0. The molecular formula is C28H44O3. The molecule has 0 saturated heterocycles. The summed E-state index contributed by atoms with van der Waals surface area (Å²) < 4.78 is 0. The van der Waals surface area contributed by atoms with Gasteiger partial charge in [-0.25, -0.2) is 0 Å². The fourth-order valence-corrected chi connectivity index (χ4v) is 6.28. The summed E-state index contributed by atoms with van der Waals surface area (Å²) in [5.74, 6) is 1.87. The molecular weight excluding hydrogens is 384 g/mol. The van der Waals surface area contributed by atoms with E-state index >= 15 is 0 Å². The first kappa shape index (κ1) is 24.5.